The van der Waals surface area contributed by atoms with Crippen molar-refractivity contribution in [2.24, 2.45) is 0 Å². The number of ether oxygens (including phenoxy) is 1. The molecule has 20 heavy (non-hydrogen) atoms. The molecule has 1 aromatic rings. The van der Waals surface area contributed by atoms with Crippen LogP contribution < -0.4 is 10.1 Å². The maximum absolute atomic E-state index is 12.1. The lowest BCUT2D eigenvalue weighted by Crippen LogP contribution is -2.22. The van der Waals surface area contributed by atoms with Crippen LogP contribution in [0.15, 0.2) is 18.2 Å². The molecule has 112 valence electrons. The van der Waals surface area contributed by atoms with E-state index >= 15 is 0 Å². The first-order chi connectivity index (χ1) is 9.51. The van der Waals surface area contributed by atoms with Gasteiger partial charge in [-0.2, -0.15) is 13.2 Å². The summed E-state index contributed by atoms with van der Waals surface area (Å²) in [7, 11) is 1.93. The summed E-state index contributed by atoms with van der Waals surface area (Å²) in [5.74, 6) is 0.740. The van der Waals surface area contributed by atoms with Gasteiger partial charge in [0.2, 0.25) is 0 Å². The largest absolute Gasteiger partial charge is 0.493 e. The Labute approximate surface area is 117 Å². The van der Waals surface area contributed by atoms with E-state index in [9.17, 15) is 13.2 Å². The van der Waals surface area contributed by atoms with Gasteiger partial charge in [-0.3, -0.25) is 0 Å². The van der Waals surface area contributed by atoms with E-state index in [2.05, 4.69) is 11.4 Å². The number of halogens is 3. The molecule has 1 aromatic carbocycles. The molecular formula is C15H20F3NO. The number of fused-ring (bicyclic) bond motifs is 1. The Morgan fingerprint density at radius 1 is 1.35 bits per heavy atom. The van der Waals surface area contributed by atoms with E-state index in [4.69, 9.17) is 4.74 Å². The average molecular weight is 287 g/mol. The van der Waals surface area contributed by atoms with Gasteiger partial charge in [0.05, 0.1) is 6.61 Å². The lowest BCUT2D eigenvalue weighted by atomic mass is 9.87. The molecule has 2 rings (SSSR count). The predicted molar refractivity (Wildman–Crippen MR) is 72.0 cm³/mol. The standard InChI is InChI=1S/C15H20F3NO/c1-19-13-7-2-6-12-11(13)5-3-8-14(12)20-10-4-9-15(16,17)18/h3,5,8,13,19H,2,4,6-7,9-10H2,1H3. The van der Waals surface area contributed by atoms with Crippen LogP contribution in [0.4, 0.5) is 13.2 Å². The van der Waals surface area contributed by atoms with Crippen LogP contribution in [0.3, 0.4) is 0 Å². The first-order valence-electron chi connectivity index (χ1n) is 7.00. The summed E-state index contributed by atoms with van der Waals surface area (Å²) < 4.78 is 41.8. The highest BCUT2D eigenvalue weighted by atomic mass is 19.4. The molecule has 1 aliphatic rings. The molecular weight excluding hydrogens is 267 g/mol. The number of rotatable bonds is 5. The van der Waals surface area contributed by atoms with Crippen LogP contribution in [0, 0.1) is 0 Å². The van der Waals surface area contributed by atoms with E-state index in [1.54, 1.807) is 0 Å². The Kier molecular flexibility index (Phi) is 4.91. The zero-order chi connectivity index (χ0) is 14.6. The van der Waals surface area contributed by atoms with Crippen molar-refractivity contribution in [2.45, 2.75) is 44.3 Å². The second-order valence-corrected chi connectivity index (χ2v) is 5.12. The minimum absolute atomic E-state index is 0.00260. The fraction of sp³-hybridized carbons (Fsp3) is 0.600. The van der Waals surface area contributed by atoms with E-state index < -0.39 is 12.6 Å². The Balaban J connectivity index is 1.99. The smallest absolute Gasteiger partial charge is 0.389 e. The lowest BCUT2D eigenvalue weighted by molar-refractivity contribution is -0.136. The highest BCUT2D eigenvalue weighted by Crippen LogP contribution is 2.35. The Morgan fingerprint density at radius 2 is 2.15 bits per heavy atom. The van der Waals surface area contributed by atoms with Crippen LogP contribution in [0.25, 0.3) is 0 Å². The molecule has 0 spiro atoms. The third kappa shape index (κ3) is 3.88. The molecule has 1 N–H and O–H groups in total. The van der Waals surface area contributed by atoms with Crippen LogP contribution in [0.2, 0.25) is 0 Å². The number of benzene rings is 1. The van der Waals surface area contributed by atoms with Crippen molar-refractivity contribution in [1.29, 1.82) is 0 Å². The summed E-state index contributed by atoms with van der Waals surface area (Å²) >= 11 is 0. The van der Waals surface area contributed by atoms with Crippen molar-refractivity contribution in [2.75, 3.05) is 13.7 Å². The molecule has 1 aliphatic carbocycles. The molecule has 0 amide bonds. The van der Waals surface area contributed by atoms with Crippen molar-refractivity contribution in [3.05, 3.63) is 29.3 Å². The van der Waals surface area contributed by atoms with Gasteiger partial charge in [0.25, 0.3) is 0 Å². The lowest BCUT2D eigenvalue weighted by Gasteiger charge is -2.26. The zero-order valence-corrected chi connectivity index (χ0v) is 11.6. The molecule has 0 fully saturated rings. The van der Waals surface area contributed by atoms with Gasteiger partial charge in [-0.15, -0.1) is 0 Å². The van der Waals surface area contributed by atoms with Gasteiger partial charge in [0.15, 0.2) is 0 Å². The van der Waals surface area contributed by atoms with Gasteiger partial charge < -0.3 is 10.1 Å². The van der Waals surface area contributed by atoms with Crippen LogP contribution >= 0.6 is 0 Å². The normalized spacial score (nSPS) is 18.7. The zero-order valence-electron chi connectivity index (χ0n) is 11.6. The van der Waals surface area contributed by atoms with Crippen LogP contribution in [-0.4, -0.2) is 19.8 Å². The van der Waals surface area contributed by atoms with Gasteiger partial charge in [0.1, 0.15) is 5.75 Å². The molecule has 1 atom stereocenters. The Bertz CT molecular complexity index is 445. The van der Waals surface area contributed by atoms with Crippen molar-refractivity contribution in [3.63, 3.8) is 0 Å². The number of alkyl halides is 3. The third-order valence-electron chi connectivity index (χ3n) is 3.67. The van der Waals surface area contributed by atoms with Crippen LogP contribution in [0.1, 0.15) is 42.9 Å². The molecule has 0 saturated heterocycles. The minimum atomic E-state index is -4.10. The average Bonchev–Trinajstić information content (AvgIpc) is 2.42. The summed E-state index contributed by atoms with van der Waals surface area (Å²) in [6.45, 7) is 0.111. The maximum Gasteiger partial charge on any atom is 0.389 e. The minimum Gasteiger partial charge on any atom is -0.493 e. The quantitative estimate of drug-likeness (QED) is 0.826. The molecule has 0 aromatic heterocycles. The highest BCUT2D eigenvalue weighted by Gasteiger charge is 2.26. The van der Waals surface area contributed by atoms with E-state index in [1.807, 2.05) is 19.2 Å². The Morgan fingerprint density at radius 3 is 2.85 bits per heavy atom. The van der Waals surface area contributed by atoms with Crippen molar-refractivity contribution >= 4 is 0 Å². The molecule has 0 bridgehead atoms. The molecule has 2 nitrogen and oxygen atoms in total. The number of hydrogen-bond acceptors (Lipinski definition) is 2. The molecule has 0 radical (unpaired) electrons. The van der Waals surface area contributed by atoms with Gasteiger partial charge in [-0.05, 0) is 49.9 Å². The maximum atomic E-state index is 12.1. The predicted octanol–water partition coefficient (Wildman–Crippen LogP) is 4.00. The number of hydrogen-bond donors (Lipinski definition) is 1. The molecule has 5 heteroatoms. The second kappa shape index (κ2) is 6.48. The van der Waals surface area contributed by atoms with Gasteiger partial charge in [-0.1, -0.05) is 12.1 Å². The highest BCUT2D eigenvalue weighted by molar-refractivity contribution is 5.43. The Hall–Kier alpha value is -1.23. The third-order valence-corrected chi connectivity index (χ3v) is 3.67. The first kappa shape index (κ1) is 15.2. The van der Waals surface area contributed by atoms with Crippen molar-refractivity contribution < 1.29 is 17.9 Å². The molecule has 0 aliphatic heterocycles. The summed E-state index contributed by atoms with van der Waals surface area (Å²) in [6, 6.07) is 6.15. The van der Waals surface area contributed by atoms with Gasteiger partial charge in [0, 0.05) is 12.5 Å². The van der Waals surface area contributed by atoms with Crippen molar-refractivity contribution in [1.82, 2.24) is 5.32 Å². The topological polar surface area (TPSA) is 21.3 Å². The van der Waals surface area contributed by atoms with E-state index in [0.29, 0.717) is 6.04 Å². The summed E-state index contributed by atoms with van der Waals surface area (Å²) in [5.41, 5.74) is 2.36. The van der Waals surface area contributed by atoms with Gasteiger partial charge >= 0.3 is 6.18 Å². The summed E-state index contributed by atoms with van der Waals surface area (Å²) in [4.78, 5) is 0. The van der Waals surface area contributed by atoms with Gasteiger partial charge in [-0.25, -0.2) is 0 Å². The molecule has 1 unspecified atom stereocenters. The summed E-state index contributed by atoms with van der Waals surface area (Å²) in [6.07, 6.45) is -1.80. The van der Waals surface area contributed by atoms with E-state index in [-0.39, 0.29) is 13.0 Å². The molecule has 0 heterocycles. The van der Waals surface area contributed by atoms with E-state index in [1.165, 1.54) is 5.56 Å². The molecule has 0 saturated carbocycles. The fourth-order valence-electron chi connectivity index (χ4n) is 2.70. The van der Waals surface area contributed by atoms with E-state index in [0.717, 1.165) is 30.6 Å². The monoisotopic (exact) mass is 287 g/mol. The SMILES string of the molecule is CNC1CCCc2c(OCCCC(F)(F)F)cccc21. The fourth-order valence-corrected chi connectivity index (χ4v) is 2.70. The first-order valence-corrected chi connectivity index (χ1v) is 7.00. The number of nitrogens with one attached hydrogen (secondary N) is 1. The second-order valence-electron chi connectivity index (χ2n) is 5.12. The van der Waals surface area contributed by atoms with Crippen molar-refractivity contribution in [3.8, 4) is 5.75 Å². The summed E-state index contributed by atoms with van der Waals surface area (Å²) in [5, 5.41) is 3.27. The van der Waals surface area contributed by atoms with Crippen LogP contribution in [-0.2, 0) is 6.42 Å². The van der Waals surface area contributed by atoms with Crippen LogP contribution in [0.5, 0.6) is 5.75 Å².